The first kappa shape index (κ1) is 10.5. The number of hydrogen-bond acceptors (Lipinski definition) is 4. The van der Waals surface area contributed by atoms with Crippen LogP contribution in [0.25, 0.3) is 0 Å². The van der Waals surface area contributed by atoms with Crippen molar-refractivity contribution in [1.29, 1.82) is 0 Å². The van der Waals surface area contributed by atoms with Gasteiger partial charge in [-0.05, 0) is 0 Å². The Labute approximate surface area is 92.3 Å². The molecule has 1 heterocycles. The summed E-state index contributed by atoms with van der Waals surface area (Å²) in [6, 6.07) is 8.91. The maximum Gasteiger partial charge on any atom is 0.212 e. The highest BCUT2D eigenvalue weighted by Gasteiger charge is 2.14. The molecule has 0 amide bonds. The summed E-state index contributed by atoms with van der Waals surface area (Å²) >= 11 is 0. The van der Waals surface area contributed by atoms with Crippen LogP contribution in [-0.2, 0) is 6.54 Å². The number of rotatable bonds is 4. The molecule has 0 bridgehead atoms. The number of aliphatic hydroxyl groups is 1. The Morgan fingerprint density at radius 1 is 1.31 bits per heavy atom. The van der Waals surface area contributed by atoms with E-state index < -0.39 is 0 Å². The van der Waals surface area contributed by atoms with Crippen LogP contribution < -0.4 is 0 Å². The summed E-state index contributed by atoms with van der Waals surface area (Å²) in [6.45, 7) is 0.201. The van der Waals surface area contributed by atoms with Gasteiger partial charge in [0.25, 0.3) is 0 Å². The second-order valence-corrected chi connectivity index (χ2v) is 3.26. The zero-order valence-corrected chi connectivity index (χ0v) is 8.58. The monoisotopic (exact) mass is 217 g/mol. The minimum atomic E-state index is -0.140. The Morgan fingerprint density at radius 3 is 2.75 bits per heavy atom. The lowest BCUT2D eigenvalue weighted by molar-refractivity contribution is 0.102. The average molecular weight is 217 g/mol. The Morgan fingerprint density at radius 2 is 2.06 bits per heavy atom. The highest BCUT2D eigenvalue weighted by Crippen LogP contribution is 2.07. The van der Waals surface area contributed by atoms with Gasteiger partial charge in [0, 0.05) is 5.56 Å². The standard InChI is InChI=1S/C11H11N3O2/c15-7-6-14-10(8-12-13-14)11(16)9-4-2-1-3-5-9/h1-5,8,15H,6-7H2. The summed E-state index contributed by atoms with van der Waals surface area (Å²) in [5.74, 6) is -0.140. The zero-order valence-electron chi connectivity index (χ0n) is 8.58. The van der Waals surface area contributed by atoms with E-state index in [0.717, 1.165) is 0 Å². The van der Waals surface area contributed by atoms with Crippen molar-refractivity contribution in [2.24, 2.45) is 0 Å². The van der Waals surface area contributed by atoms with E-state index in [-0.39, 0.29) is 18.9 Å². The molecule has 1 aromatic heterocycles. The minimum Gasteiger partial charge on any atom is -0.394 e. The summed E-state index contributed by atoms with van der Waals surface area (Å²) in [7, 11) is 0. The van der Waals surface area contributed by atoms with Crippen LogP contribution in [-0.4, -0.2) is 32.5 Å². The lowest BCUT2D eigenvalue weighted by atomic mass is 10.1. The summed E-state index contributed by atoms with van der Waals surface area (Å²) in [4.78, 5) is 12.0. The first-order valence-electron chi connectivity index (χ1n) is 4.92. The lowest BCUT2D eigenvalue weighted by Gasteiger charge is -2.02. The van der Waals surface area contributed by atoms with Crippen LogP contribution in [0, 0.1) is 0 Å². The summed E-state index contributed by atoms with van der Waals surface area (Å²) in [5, 5.41) is 16.2. The molecule has 0 spiro atoms. The van der Waals surface area contributed by atoms with Gasteiger partial charge in [-0.25, -0.2) is 4.68 Å². The highest BCUT2D eigenvalue weighted by atomic mass is 16.3. The van der Waals surface area contributed by atoms with E-state index in [4.69, 9.17) is 5.11 Å². The van der Waals surface area contributed by atoms with Crippen LogP contribution in [0.4, 0.5) is 0 Å². The Bertz CT molecular complexity index is 479. The predicted molar refractivity (Wildman–Crippen MR) is 57.0 cm³/mol. The molecule has 0 atom stereocenters. The molecule has 0 aliphatic carbocycles. The van der Waals surface area contributed by atoms with Gasteiger partial charge in [-0.15, -0.1) is 5.10 Å². The number of carbonyl (C=O) groups excluding carboxylic acids is 1. The molecule has 2 rings (SSSR count). The number of nitrogens with zero attached hydrogens (tertiary/aromatic N) is 3. The fraction of sp³-hybridized carbons (Fsp3) is 0.182. The summed E-state index contributed by atoms with van der Waals surface area (Å²) in [6.07, 6.45) is 1.41. The van der Waals surface area contributed by atoms with Crippen molar-refractivity contribution < 1.29 is 9.90 Å². The molecule has 5 nitrogen and oxygen atoms in total. The van der Waals surface area contributed by atoms with Gasteiger partial charge >= 0.3 is 0 Å². The molecule has 0 saturated heterocycles. The van der Waals surface area contributed by atoms with E-state index in [1.165, 1.54) is 10.9 Å². The van der Waals surface area contributed by atoms with Crippen LogP contribution in [0.1, 0.15) is 16.1 Å². The smallest absolute Gasteiger partial charge is 0.212 e. The van der Waals surface area contributed by atoms with Gasteiger partial charge < -0.3 is 5.11 Å². The van der Waals surface area contributed by atoms with Crippen LogP contribution in [0.5, 0.6) is 0 Å². The molecular weight excluding hydrogens is 206 g/mol. The number of hydrogen-bond donors (Lipinski definition) is 1. The molecule has 0 fully saturated rings. The van der Waals surface area contributed by atoms with E-state index >= 15 is 0 Å². The molecule has 1 aromatic carbocycles. The van der Waals surface area contributed by atoms with Crippen molar-refractivity contribution in [1.82, 2.24) is 15.0 Å². The maximum absolute atomic E-state index is 12.0. The van der Waals surface area contributed by atoms with Crippen LogP contribution in [0.15, 0.2) is 36.5 Å². The third kappa shape index (κ3) is 1.99. The molecular formula is C11H11N3O2. The van der Waals surface area contributed by atoms with Crippen LogP contribution in [0.2, 0.25) is 0 Å². The first-order chi connectivity index (χ1) is 7.83. The molecule has 0 saturated carbocycles. The molecule has 0 aliphatic heterocycles. The van der Waals surface area contributed by atoms with Gasteiger partial charge in [0.2, 0.25) is 5.78 Å². The van der Waals surface area contributed by atoms with E-state index in [1.54, 1.807) is 24.3 Å². The van der Waals surface area contributed by atoms with Crippen molar-refractivity contribution in [3.05, 3.63) is 47.8 Å². The summed E-state index contributed by atoms with van der Waals surface area (Å²) < 4.78 is 1.40. The normalized spacial score (nSPS) is 10.3. The van der Waals surface area contributed by atoms with E-state index in [9.17, 15) is 4.79 Å². The largest absolute Gasteiger partial charge is 0.394 e. The molecule has 0 unspecified atom stereocenters. The zero-order chi connectivity index (χ0) is 11.4. The van der Waals surface area contributed by atoms with Gasteiger partial charge in [0.05, 0.1) is 19.3 Å². The molecule has 5 heteroatoms. The predicted octanol–water partition coefficient (Wildman–Crippen LogP) is 0.501. The Kier molecular flexibility index (Phi) is 3.07. The Balaban J connectivity index is 2.31. The average Bonchev–Trinajstić information content (AvgIpc) is 2.78. The van der Waals surface area contributed by atoms with E-state index in [2.05, 4.69) is 10.3 Å². The molecule has 1 N–H and O–H groups in total. The quantitative estimate of drug-likeness (QED) is 0.757. The van der Waals surface area contributed by atoms with Crippen LogP contribution in [0.3, 0.4) is 0 Å². The summed E-state index contributed by atoms with van der Waals surface area (Å²) in [5.41, 5.74) is 0.976. The second-order valence-electron chi connectivity index (χ2n) is 3.26. The number of carbonyl (C=O) groups is 1. The second kappa shape index (κ2) is 4.67. The highest BCUT2D eigenvalue weighted by molar-refractivity contribution is 6.07. The first-order valence-corrected chi connectivity index (χ1v) is 4.92. The third-order valence-corrected chi connectivity index (χ3v) is 2.20. The van der Waals surface area contributed by atoms with Crippen molar-refractivity contribution in [3.8, 4) is 0 Å². The van der Waals surface area contributed by atoms with Gasteiger partial charge in [-0.2, -0.15) is 0 Å². The lowest BCUT2D eigenvalue weighted by Crippen LogP contribution is -2.13. The van der Waals surface area contributed by atoms with E-state index in [1.807, 2.05) is 6.07 Å². The van der Waals surface area contributed by atoms with Gasteiger partial charge in [-0.1, -0.05) is 35.5 Å². The van der Waals surface area contributed by atoms with Crippen molar-refractivity contribution in [2.75, 3.05) is 6.61 Å². The molecule has 0 aliphatic rings. The van der Waals surface area contributed by atoms with Gasteiger partial charge in [-0.3, -0.25) is 4.79 Å². The Hall–Kier alpha value is -2.01. The number of ketones is 1. The van der Waals surface area contributed by atoms with Crippen LogP contribution >= 0.6 is 0 Å². The molecule has 2 aromatic rings. The van der Waals surface area contributed by atoms with Gasteiger partial charge in [0.1, 0.15) is 5.69 Å². The number of aliphatic hydroxyl groups excluding tert-OH is 1. The fourth-order valence-corrected chi connectivity index (χ4v) is 1.43. The third-order valence-electron chi connectivity index (χ3n) is 2.20. The number of aromatic nitrogens is 3. The SMILES string of the molecule is O=C(c1ccccc1)c1cnnn1CCO. The minimum absolute atomic E-state index is 0.0710. The fourth-order valence-electron chi connectivity index (χ4n) is 1.43. The topological polar surface area (TPSA) is 68.0 Å². The van der Waals surface area contributed by atoms with E-state index in [0.29, 0.717) is 11.3 Å². The van der Waals surface area contributed by atoms with Crippen molar-refractivity contribution in [3.63, 3.8) is 0 Å². The number of benzene rings is 1. The van der Waals surface area contributed by atoms with Crippen molar-refractivity contribution in [2.45, 2.75) is 6.54 Å². The maximum atomic E-state index is 12.0. The van der Waals surface area contributed by atoms with Crippen molar-refractivity contribution >= 4 is 5.78 Å². The molecule has 0 radical (unpaired) electrons. The molecule has 82 valence electrons. The molecule has 16 heavy (non-hydrogen) atoms. The van der Waals surface area contributed by atoms with Gasteiger partial charge in [0.15, 0.2) is 0 Å².